The lowest BCUT2D eigenvalue weighted by molar-refractivity contribution is 0.621. The highest BCUT2D eigenvalue weighted by Gasteiger charge is 2.12. The Balaban J connectivity index is 1.64. The van der Waals surface area contributed by atoms with Crippen molar-refractivity contribution in [3.63, 3.8) is 0 Å². The van der Waals surface area contributed by atoms with Crippen molar-refractivity contribution >= 4 is 11.8 Å². The van der Waals surface area contributed by atoms with Crippen LogP contribution in [0, 0.1) is 11.8 Å². The van der Waals surface area contributed by atoms with Gasteiger partial charge in [-0.25, -0.2) is 0 Å². The molecule has 0 aromatic heterocycles. The van der Waals surface area contributed by atoms with Gasteiger partial charge in [0, 0.05) is 17.4 Å². The standard InChI is InChI=1S/C15H19NS/c1-2-7-14(8-3-1)9-6-11-16-13-15-10-4-5-12-17-15/h1-3,7-8,15-16H,4-5,10-13H2. The van der Waals surface area contributed by atoms with E-state index in [9.17, 15) is 0 Å². The molecular formula is C15H19NS. The van der Waals surface area contributed by atoms with Crippen LogP contribution in [0.15, 0.2) is 30.3 Å². The summed E-state index contributed by atoms with van der Waals surface area (Å²) in [6, 6.07) is 10.2. The lowest BCUT2D eigenvalue weighted by Gasteiger charge is -2.20. The predicted octanol–water partition coefficient (Wildman–Crippen LogP) is 2.91. The van der Waals surface area contributed by atoms with Crippen molar-refractivity contribution in [3.8, 4) is 11.8 Å². The van der Waals surface area contributed by atoms with Crippen LogP contribution >= 0.6 is 11.8 Å². The molecule has 0 bridgehead atoms. The third kappa shape index (κ3) is 4.85. The average molecular weight is 245 g/mol. The Morgan fingerprint density at radius 2 is 2.12 bits per heavy atom. The first-order chi connectivity index (χ1) is 8.45. The van der Waals surface area contributed by atoms with Gasteiger partial charge in [-0.1, -0.05) is 36.5 Å². The summed E-state index contributed by atoms with van der Waals surface area (Å²) in [4.78, 5) is 0. The van der Waals surface area contributed by atoms with E-state index in [4.69, 9.17) is 0 Å². The molecule has 2 heteroatoms. The zero-order valence-electron chi connectivity index (χ0n) is 10.1. The number of nitrogens with one attached hydrogen (secondary N) is 1. The van der Waals surface area contributed by atoms with Gasteiger partial charge in [0.2, 0.25) is 0 Å². The predicted molar refractivity (Wildman–Crippen MR) is 76.3 cm³/mol. The van der Waals surface area contributed by atoms with Crippen LogP contribution in [-0.2, 0) is 0 Å². The summed E-state index contributed by atoms with van der Waals surface area (Å²) in [6.45, 7) is 1.90. The zero-order chi connectivity index (χ0) is 11.8. The second-order valence-electron chi connectivity index (χ2n) is 4.29. The lowest BCUT2D eigenvalue weighted by Crippen LogP contribution is -2.26. The summed E-state index contributed by atoms with van der Waals surface area (Å²) in [6.07, 6.45) is 4.16. The fourth-order valence-electron chi connectivity index (χ4n) is 1.93. The van der Waals surface area contributed by atoms with Gasteiger partial charge in [0.05, 0.1) is 6.54 Å². The number of hydrogen-bond acceptors (Lipinski definition) is 2. The van der Waals surface area contributed by atoms with Gasteiger partial charge < -0.3 is 5.32 Å². The molecule has 0 spiro atoms. The molecule has 2 rings (SSSR count). The van der Waals surface area contributed by atoms with Gasteiger partial charge >= 0.3 is 0 Å². The molecular weight excluding hydrogens is 226 g/mol. The molecule has 1 aliphatic heterocycles. The molecule has 1 fully saturated rings. The molecule has 1 aromatic rings. The van der Waals surface area contributed by atoms with E-state index in [0.29, 0.717) is 0 Å². The molecule has 17 heavy (non-hydrogen) atoms. The van der Waals surface area contributed by atoms with Gasteiger partial charge in [0.25, 0.3) is 0 Å². The second-order valence-corrected chi connectivity index (χ2v) is 5.70. The van der Waals surface area contributed by atoms with Crippen molar-refractivity contribution in [2.45, 2.75) is 24.5 Å². The first kappa shape index (κ1) is 12.5. The first-order valence-electron chi connectivity index (χ1n) is 6.31. The molecule has 1 aromatic carbocycles. The molecule has 0 aliphatic carbocycles. The number of thioether (sulfide) groups is 1. The lowest BCUT2D eigenvalue weighted by atomic mass is 10.2. The quantitative estimate of drug-likeness (QED) is 0.649. The van der Waals surface area contributed by atoms with Crippen molar-refractivity contribution in [1.29, 1.82) is 0 Å². The molecule has 1 heterocycles. The summed E-state index contributed by atoms with van der Waals surface area (Å²) in [5.41, 5.74) is 1.10. The van der Waals surface area contributed by atoms with E-state index in [1.165, 1.54) is 25.0 Å². The van der Waals surface area contributed by atoms with E-state index in [2.05, 4.69) is 28.9 Å². The third-order valence-corrected chi connectivity index (χ3v) is 4.26. The maximum Gasteiger partial charge on any atom is 0.0580 e. The molecule has 1 atom stereocenters. The van der Waals surface area contributed by atoms with Gasteiger partial charge in [-0.2, -0.15) is 11.8 Å². The van der Waals surface area contributed by atoms with E-state index >= 15 is 0 Å². The Labute approximate surface area is 108 Å². The van der Waals surface area contributed by atoms with E-state index in [1.807, 2.05) is 30.3 Å². The van der Waals surface area contributed by atoms with E-state index in [0.717, 1.165) is 23.9 Å². The summed E-state index contributed by atoms with van der Waals surface area (Å²) in [7, 11) is 0. The second kappa shape index (κ2) is 7.42. The minimum absolute atomic E-state index is 0.798. The molecule has 1 N–H and O–H groups in total. The summed E-state index contributed by atoms with van der Waals surface area (Å²) in [5, 5.41) is 4.24. The van der Waals surface area contributed by atoms with E-state index < -0.39 is 0 Å². The number of rotatable bonds is 3. The largest absolute Gasteiger partial charge is 0.305 e. The van der Waals surface area contributed by atoms with Crippen molar-refractivity contribution in [2.24, 2.45) is 0 Å². The van der Waals surface area contributed by atoms with Crippen molar-refractivity contribution in [3.05, 3.63) is 35.9 Å². The molecule has 1 unspecified atom stereocenters. The van der Waals surface area contributed by atoms with Crippen molar-refractivity contribution in [1.82, 2.24) is 5.32 Å². The molecule has 0 amide bonds. The molecule has 1 nitrogen and oxygen atoms in total. The average Bonchev–Trinajstić information content (AvgIpc) is 2.41. The Bertz CT molecular complexity index is 371. The summed E-state index contributed by atoms with van der Waals surface area (Å²) in [5.74, 6) is 7.67. The smallest absolute Gasteiger partial charge is 0.0580 e. The van der Waals surface area contributed by atoms with Crippen LogP contribution in [0.1, 0.15) is 24.8 Å². The normalized spacial score (nSPS) is 19.4. The fourth-order valence-corrected chi connectivity index (χ4v) is 3.20. The van der Waals surface area contributed by atoms with Crippen molar-refractivity contribution < 1.29 is 0 Å². The molecule has 90 valence electrons. The molecule has 1 saturated heterocycles. The van der Waals surface area contributed by atoms with Crippen LogP contribution < -0.4 is 5.32 Å². The first-order valence-corrected chi connectivity index (χ1v) is 7.36. The van der Waals surface area contributed by atoms with Gasteiger partial charge in [0.15, 0.2) is 0 Å². The van der Waals surface area contributed by atoms with Gasteiger partial charge in [0.1, 0.15) is 0 Å². The van der Waals surface area contributed by atoms with Crippen LogP contribution in [0.25, 0.3) is 0 Å². The summed E-state index contributed by atoms with van der Waals surface area (Å²) >= 11 is 2.11. The van der Waals surface area contributed by atoms with Crippen LogP contribution in [-0.4, -0.2) is 24.1 Å². The number of benzene rings is 1. The molecule has 0 radical (unpaired) electrons. The van der Waals surface area contributed by atoms with Gasteiger partial charge in [-0.3, -0.25) is 0 Å². The van der Waals surface area contributed by atoms with Gasteiger partial charge in [-0.05, 0) is 30.7 Å². The van der Waals surface area contributed by atoms with Crippen LogP contribution in [0.5, 0.6) is 0 Å². The van der Waals surface area contributed by atoms with Crippen molar-refractivity contribution in [2.75, 3.05) is 18.8 Å². The monoisotopic (exact) mass is 245 g/mol. The van der Waals surface area contributed by atoms with Crippen LogP contribution in [0.2, 0.25) is 0 Å². The minimum atomic E-state index is 0.798. The summed E-state index contributed by atoms with van der Waals surface area (Å²) < 4.78 is 0. The SMILES string of the molecule is C(#Cc1ccccc1)CNCC1CCCCS1. The Morgan fingerprint density at radius 1 is 1.24 bits per heavy atom. The molecule has 0 saturated carbocycles. The topological polar surface area (TPSA) is 12.0 Å². The van der Waals surface area contributed by atoms with E-state index in [-0.39, 0.29) is 0 Å². The van der Waals surface area contributed by atoms with Crippen LogP contribution in [0.4, 0.5) is 0 Å². The maximum absolute atomic E-state index is 3.43. The Morgan fingerprint density at radius 3 is 2.88 bits per heavy atom. The third-order valence-electron chi connectivity index (χ3n) is 2.87. The fraction of sp³-hybridized carbons (Fsp3) is 0.467. The van der Waals surface area contributed by atoms with Gasteiger partial charge in [-0.15, -0.1) is 0 Å². The maximum atomic E-state index is 3.43. The Hall–Kier alpha value is -0.910. The highest BCUT2D eigenvalue weighted by molar-refractivity contribution is 7.99. The highest BCUT2D eigenvalue weighted by Crippen LogP contribution is 2.23. The Kier molecular flexibility index (Phi) is 5.48. The van der Waals surface area contributed by atoms with Crippen LogP contribution in [0.3, 0.4) is 0 Å². The zero-order valence-corrected chi connectivity index (χ0v) is 10.9. The number of hydrogen-bond donors (Lipinski definition) is 1. The molecule has 1 aliphatic rings. The van der Waals surface area contributed by atoms with E-state index in [1.54, 1.807) is 0 Å². The highest BCUT2D eigenvalue weighted by atomic mass is 32.2. The minimum Gasteiger partial charge on any atom is -0.305 e.